The summed E-state index contributed by atoms with van der Waals surface area (Å²) in [5.41, 5.74) is 5.81. The minimum absolute atomic E-state index is 0.0151. The molecule has 0 bridgehead atoms. The van der Waals surface area contributed by atoms with Crippen molar-refractivity contribution >= 4 is 46.5 Å². The largest absolute Gasteiger partial charge is 0.325 e. The fourth-order valence-electron chi connectivity index (χ4n) is 2.96. The maximum Gasteiger partial charge on any atom is 0.234 e. The van der Waals surface area contributed by atoms with Crippen molar-refractivity contribution in [3.05, 3.63) is 64.7 Å². The van der Waals surface area contributed by atoms with E-state index >= 15 is 0 Å². The molecular formula is C23H27N3OS3. The van der Waals surface area contributed by atoms with Crippen molar-refractivity contribution < 1.29 is 4.79 Å². The zero-order valence-electron chi connectivity index (χ0n) is 17.8. The van der Waals surface area contributed by atoms with Crippen LogP contribution in [0.2, 0.25) is 0 Å². The Morgan fingerprint density at radius 3 is 2.43 bits per heavy atom. The van der Waals surface area contributed by atoms with Gasteiger partial charge in [-0.3, -0.25) is 4.79 Å². The molecular weight excluding hydrogens is 430 g/mol. The van der Waals surface area contributed by atoms with Gasteiger partial charge in [-0.2, -0.15) is 0 Å². The summed E-state index contributed by atoms with van der Waals surface area (Å²) in [6.07, 6.45) is 0.890. The van der Waals surface area contributed by atoms with E-state index < -0.39 is 0 Å². The SMILES string of the molecule is CCc1cccc(C)c1NC(=O)CSc1nnc(SCc2ccc(C(C)C)cc2)s1. The molecule has 7 heteroatoms. The van der Waals surface area contributed by atoms with E-state index in [0.717, 1.165) is 37.7 Å². The van der Waals surface area contributed by atoms with Gasteiger partial charge in [-0.05, 0) is 41.5 Å². The Bertz CT molecular complexity index is 984. The van der Waals surface area contributed by atoms with Crippen molar-refractivity contribution in [2.24, 2.45) is 0 Å². The molecule has 0 aliphatic rings. The van der Waals surface area contributed by atoms with E-state index in [4.69, 9.17) is 0 Å². The maximum atomic E-state index is 12.4. The number of carbonyl (C=O) groups excluding carboxylic acids is 1. The van der Waals surface area contributed by atoms with Crippen molar-refractivity contribution in [2.45, 2.75) is 54.5 Å². The van der Waals surface area contributed by atoms with Crippen molar-refractivity contribution in [3.63, 3.8) is 0 Å². The summed E-state index contributed by atoms with van der Waals surface area (Å²) in [6.45, 7) is 8.52. The van der Waals surface area contributed by atoms with Gasteiger partial charge in [0.1, 0.15) is 0 Å². The van der Waals surface area contributed by atoms with E-state index in [1.54, 1.807) is 23.1 Å². The van der Waals surface area contributed by atoms with Gasteiger partial charge < -0.3 is 5.32 Å². The summed E-state index contributed by atoms with van der Waals surface area (Å²) in [6, 6.07) is 14.8. The van der Waals surface area contributed by atoms with Crippen LogP contribution in [0.1, 0.15) is 48.9 Å². The van der Waals surface area contributed by atoms with Crippen molar-refractivity contribution in [1.82, 2.24) is 10.2 Å². The quantitative estimate of drug-likeness (QED) is 0.369. The van der Waals surface area contributed by atoms with E-state index in [2.05, 4.69) is 66.6 Å². The Labute approximate surface area is 191 Å². The van der Waals surface area contributed by atoms with E-state index in [-0.39, 0.29) is 5.91 Å². The highest BCUT2D eigenvalue weighted by atomic mass is 32.2. The van der Waals surface area contributed by atoms with Crippen molar-refractivity contribution in [1.29, 1.82) is 0 Å². The molecule has 30 heavy (non-hydrogen) atoms. The van der Waals surface area contributed by atoms with Crippen LogP contribution in [0.15, 0.2) is 51.1 Å². The molecule has 0 unspecified atom stereocenters. The number of anilines is 1. The number of thioether (sulfide) groups is 2. The summed E-state index contributed by atoms with van der Waals surface area (Å²) < 4.78 is 1.75. The Morgan fingerprint density at radius 2 is 1.77 bits per heavy atom. The number of carbonyl (C=O) groups is 1. The van der Waals surface area contributed by atoms with Gasteiger partial charge in [0.2, 0.25) is 5.91 Å². The van der Waals surface area contributed by atoms with Crippen molar-refractivity contribution in [3.8, 4) is 0 Å². The molecule has 1 amide bonds. The second kappa shape index (κ2) is 11.0. The summed E-state index contributed by atoms with van der Waals surface area (Å²) in [7, 11) is 0. The minimum atomic E-state index is -0.0151. The zero-order chi connectivity index (χ0) is 21.5. The number of aromatic nitrogens is 2. The van der Waals surface area contributed by atoms with Crippen LogP contribution in [-0.4, -0.2) is 21.9 Å². The highest BCUT2D eigenvalue weighted by Crippen LogP contribution is 2.31. The predicted molar refractivity (Wildman–Crippen MR) is 130 cm³/mol. The van der Waals surface area contributed by atoms with Crippen LogP contribution in [-0.2, 0) is 17.0 Å². The average molecular weight is 458 g/mol. The molecule has 2 aromatic carbocycles. The van der Waals surface area contributed by atoms with Gasteiger partial charge in [0.15, 0.2) is 8.68 Å². The standard InChI is InChI=1S/C23H27N3OS3/c1-5-18-8-6-7-16(4)21(18)24-20(27)14-29-23-26-25-22(30-23)28-13-17-9-11-19(12-10-17)15(2)3/h6-12,15H,5,13-14H2,1-4H3,(H,24,27). The van der Waals surface area contributed by atoms with Crippen LogP contribution in [0.5, 0.6) is 0 Å². The summed E-state index contributed by atoms with van der Waals surface area (Å²) in [4.78, 5) is 12.4. The van der Waals surface area contributed by atoms with Gasteiger partial charge in [0.25, 0.3) is 0 Å². The molecule has 1 N–H and O–H groups in total. The molecule has 0 atom stereocenters. The topological polar surface area (TPSA) is 54.9 Å². The van der Waals surface area contributed by atoms with Crippen LogP contribution in [0, 0.1) is 6.92 Å². The van der Waals surface area contributed by atoms with E-state index in [9.17, 15) is 4.79 Å². The second-order valence-electron chi connectivity index (χ2n) is 7.32. The lowest BCUT2D eigenvalue weighted by Gasteiger charge is -2.12. The highest BCUT2D eigenvalue weighted by Gasteiger charge is 2.12. The molecule has 3 aromatic rings. The monoisotopic (exact) mass is 457 g/mol. The zero-order valence-corrected chi connectivity index (χ0v) is 20.2. The fraction of sp³-hybridized carbons (Fsp3) is 0.348. The molecule has 4 nitrogen and oxygen atoms in total. The van der Waals surface area contributed by atoms with Gasteiger partial charge in [-0.25, -0.2) is 0 Å². The number of benzene rings is 2. The normalized spacial score (nSPS) is 11.1. The molecule has 0 radical (unpaired) electrons. The lowest BCUT2D eigenvalue weighted by molar-refractivity contribution is -0.113. The number of rotatable bonds is 9. The maximum absolute atomic E-state index is 12.4. The molecule has 3 rings (SSSR count). The molecule has 0 spiro atoms. The Kier molecular flexibility index (Phi) is 8.36. The lowest BCUT2D eigenvalue weighted by Crippen LogP contribution is -2.16. The number of nitrogens with zero attached hydrogens (tertiary/aromatic N) is 2. The molecule has 0 fully saturated rings. The van der Waals surface area contributed by atoms with Crippen LogP contribution in [0.25, 0.3) is 0 Å². The Balaban J connectivity index is 1.49. The number of para-hydroxylation sites is 1. The van der Waals surface area contributed by atoms with Crippen LogP contribution in [0.3, 0.4) is 0 Å². The first-order valence-electron chi connectivity index (χ1n) is 10.0. The molecule has 0 aliphatic heterocycles. The first kappa shape index (κ1) is 22.8. The number of nitrogens with one attached hydrogen (secondary N) is 1. The van der Waals surface area contributed by atoms with Crippen LogP contribution >= 0.6 is 34.9 Å². The number of hydrogen-bond donors (Lipinski definition) is 1. The number of hydrogen-bond acceptors (Lipinski definition) is 6. The highest BCUT2D eigenvalue weighted by molar-refractivity contribution is 8.03. The first-order chi connectivity index (χ1) is 14.5. The molecule has 158 valence electrons. The molecule has 1 heterocycles. The van der Waals surface area contributed by atoms with Gasteiger partial charge in [-0.1, -0.05) is 98.1 Å². The number of aryl methyl sites for hydroxylation is 2. The number of amides is 1. The third kappa shape index (κ3) is 6.33. The third-order valence-electron chi connectivity index (χ3n) is 4.73. The Hall–Kier alpha value is -1.83. The molecule has 0 saturated carbocycles. The van der Waals surface area contributed by atoms with Gasteiger partial charge in [0, 0.05) is 11.4 Å². The third-order valence-corrected chi connectivity index (χ3v) is 7.99. The van der Waals surface area contributed by atoms with Gasteiger partial charge in [0.05, 0.1) is 5.75 Å². The smallest absolute Gasteiger partial charge is 0.234 e. The first-order valence-corrected chi connectivity index (χ1v) is 12.8. The van der Waals surface area contributed by atoms with E-state index in [1.807, 2.05) is 19.1 Å². The van der Waals surface area contributed by atoms with E-state index in [0.29, 0.717) is 11.7 Å². The van der Waals surface area contributed by atoms with Crippen LogP contribution < -0.4 is 5.32 Å². The van der Waals surface area contributed by atoms with E-state index in [1.165, 1.54) is 22.9 Å². The predicted octanol–water partition coefficient (Wildman–Crippen LogP) is 6.56. The van der Waals surface area contributed by atoms with Gasteiger partial charge in [-0.15, -0.1) is 10.2 Å². The summed E-state index contributed by atoms with van der Waals surface area (Å²) >= 11 is 4.66. The lowest BCUT2D eigenvalue weighted by atomic mass is 10.0. The molecule has 1 aromatic heterocycles. The van der Waals surface area contributed by atoms with Crippen molar-refractivity contribution in [2.75, 3.05) is 11.1 Å². The molecule has 0 saturated heterocycles. The second-order valence-corrected chi connectivity index (χ2v) is 10.7. The molecule has 0 aliphatic carbocycles. The Morgan fingerprint density at radius 1 is 1.07 bits per heavy atom. The minimum Gasteiger partial charge on any atom is -0.325 e. The fourth-order valence-corrected chi connectivity index (χ4v) is 5.74. The summed E-state index contributed by atoms with van der Waals surface area (Å²) in [5.74, 6) is 1.73. The van der Waals surface area contributed by atoms with Crippen LogP contribution in [0.4, 0.5) is 5.69 Å². The summed E-state index contributed by atoms with van der Waals surface area (Å²) in [5, 5.41) is 11.5. The average Bonchev–Trinajstić information content (AvgIpc) is 3.20. The van der Waals surface area contributed by atoms with Gasteiger partial charge >= 0.3 is 0 Å².